The van der Waals surface area contributed by atoms with Crippen LogP contribution < -0.4 is 10.6 Å². The maximum atomic E-state index is 13.0. The Morgan fingerprint density at radius 2 is 1.85 bits per heavy atom. The number of carbonyl (C=O) groups excluding carboxylic acids is 1. The van der Waals surface area contributed by atoms with Crippen LogP contribution in [-0.4, -0.2) is 31.2 Å². The van der Waals surface area contributed by atoms with Crippen molar-refractivity contribution in [2.75, 3.05) is 7.05 Å². The molecule has 1 rings (SSSR count). The summed E-state index contributed by atoms with van der Waals surface area (Å²) in [6, 6.07) is -1.20. The molecule has 0 saturated heterocycles. The summed E-state index contributed by atoms with van der Waals surface area (Å²) in [7, 11) is 1.51. The molecule has 0 heterocycles. The van der Waals surface area contributed by atoms with Gasteiger partial charge in [-0.05, 0) is 25.2 Å². The summed E-state index contributed by atoms with van der Waals surface area (Å²) < 4.78 is 39.1. The van der Waals surface area contributed by atoms with E-state index in [1.165, 1.54) is 7.05 Å². The zero-order valence-electron chi connectivity index (χ0n) is 12.4. The lowest BCUT2D eigenvalue weighted by Crippen LogP contribution is -2.53. The van der Waals surface area contributed by atoms with E-state index in [2.05, 4.69) is 10.6 Å². The van der Waals surface area contributed by atoms with Gasteiger partial charge in [0.2, 0.25) is 5.91 Å². The largest absolute Gasteiger partial charge is 0.393 e. The van der Waals surface area contributed by atoms with E-state index in [1.807, 2.05) is 13.8 Å². The average Bonchev–Trinajstić information content (AvgIpc) is 2.36. The van der Waals surface area contributed by atoms with Crippen molar-refractivity contribution in [3.63, 3.8) is 0 Å². The number of nitrogens with one attached hydrogen (secondary N) is 2. The van der Waals surface area contributed by atoms with E-state index < -0.39 is 24.2 Å². The summed E-state index contributed by atoms with van der Waals surface area (Å²) in [4.78, 5) is 11.8. The van der Waals surface area contributed by atoms with Crippen LogP contribution in [0.4, 0.5) is 13.2 Å². The predicted molar refractivity (Wildman–Crippen MR) is 72.2 cm³/mol. The van der Waals surface area contributed by atoms with Crippen LogP contribution in [0.25, 0.3) is 0 Å². The first-order valence-corrected chi connectivity index (χ1v) is 7.30. The zero-order chi connectivity index (χ0) is 15.3. The number of amides is 1. The molecule has 3 unspecified atom stereocenters. The molecule has 1 aliphatic carbocycles. The second-order valence-electron chi connectivity index (χ2n) is 6.00. The van der Waals surface area contributed by atoms with Gasteiger partial charge in [-0.15, -0.1) is 0 Å². The molecule has 20 heavy (non-hydrogen) atoms. The minimum absolute atomic E-state index is 0.156. The van der Waals surface area contributed by atoms with Gasteiger partial charge in [0.05, 0.1) is 12.0 Å². The molecule has 0 aromatic heterocycles. The molecule has 0 aliphatic heterocycles. The SMILES string of the molecule is CNC(=O)C(CC(C)C)NC1CCCCC1C(F)(F)F. The van der Waals surface area contributed by atoms with Gasteiger partial charge in [0.15, 0.2) is 0 Å². The highest BCUT2D eigenvalue weighted by Crippen LogP contribution is 2.38. The van der Waals surface area contributed by atoms with Crippen molar-refractivity contribution in [2.45, 2.75) is 64.2 Å². The number of rotatable bonds is 5. The van der Waals surface area contributed by atoms with E-state index in [0.717, 1.165) is 6.42 Å². The Balaban J connectivity index is 2.76. The lowest BCUT2D eigenvalue weighted by atomic mass is 9.83. The van der Waals surface area contributed by atoms with E-state index in [0.29, 0.717) is 19.3 Å². The first-order chi connectivity index (χ1) is 9.25. The fourth-order valence-corrected chi connectivity index (χ4v) is 2.88. The highest BCUT2D eigenvalue weighted by molar-refractivity contribution is 5.81. The van der Waals surface area contributed by atoms with E-state index in [-0.39, 0.29) is 18.2 Å². The van der Waals surface area contributed by atoms with Crippen LogP contribution in [0.15, 0.2) is 0 Å². The van der Waals surface area contributed by atoms with Gasteiger partial charge in [0.25, 0.3) is 0 Å². The maximum absolute atomic E-state index is 13.0. The molecule has 1 fully saturated rings. The normalized spacial score (nSPS) is 25.6. The van der Waals surface area contributed by atoms with Gasteiger partial charge in [-0.25, -0.2) is 0 Å². The Hall–Kier alpha value is -0.780. The molecule has 0 aromatic rings. The number of alkyl halides is 3. The lowest BCUT2D eigenvalue weighted by Gasteiger charge is -2.36. The Kier molecular flexibility index (Phi) is 6.30. The van der Waals surface area contributed by atoms with Crippen LogP contribution in [0.1, 0.15) is 46.0 Å². The van der Waals surface area contributed by atoms with E-state index >= 15 is 0 Å². The van der Waals surface area contributed by atoms with Gasteiger partial charge in [-0.3, -0.25) is 4.79 Å². The van der Waals surface area contributed by atoms with Crippen LogP contribution in [0.5, 0.6) is 0 Å². The topological polar surface area (TPSA) is 41.1 Å². The third-order valence-electron chi connectivity index (χ3n) is 3.87. The highest BCUT2D eigenvalue weighted by atomic mass is 19.4. The second kappa shape index (κ2) is 7.29. The summed E-state index contributed by atoms with van der Waals surface area (Å²) >= 11 is 0. The van der Waals surface area contributed by atoms with Crippen molar-refractivity contribution in [3.8, 4) is 0 Å². The summed E-state index contributed by atoms with van der Waals surface area (Å²) in [5.74, 6) is -1.32. The van der Waals surface area contributed by atoms with Crippen LogP contribution in [0.2, 0.25) is 0 Å². The second-order valence-corrected chi connectivity index (χ2v) is 6.00. The molecular formula is C14H25F3N2O. The minimum Gasteiger partial charge on any atom is -0.358 e. The zero-order valence-corrected chi connectivity index (χ0v) is 12.4. The first-order valence-electron chi connectivity index (χ1n) is 7.30. The lowest BCUT2D eigenvalue weighted by molar-refractivity contribution is -0.189. The molecule has 0 aromatic carbocycles. The van der Waals surface area contributed by atoms with Crippen molar-refractivity contribution in [1.29, 1.82) is 0 Å². The molecule has 0 radical (unpaired) electrons. The minimum atomic E-state index is -4.19. The molecule has 0 spiro atoms. The third-order valence-corrected chi connectivity index (χ3v) is 3.87. The average molecular weight is 294 g/mol. The van der Waals surface area contributed by atoms with Crippen molar-refractivity contribution in [2.24, 2.45) is 11.8 Å². The van der Waals surface area contributed by atoms with Gasteiger partial charge in [-0.1, -0.05) is 26.7 Å². The van der Waals surface area contributed by atoms with Crippen LogP contribution in [0, 0.1) is 11.8 Å². The fraction of sp³-hybridized carbons (Fsp3) is 0.929. The Bertz CT molecular complexity index is 318. The number of carbonyl (C=O) groups is 1. The molecular weight excluding hydrogens is 269 g/mol. The van der Waals surface area contributed by atoms with Gasteiger partial charge in [0, 0.05) is 13.1 Å². The molecule has 1 saturated carbocycles. The van der Waals surface area contributed by atoms with Crippen molar-refractivity contribution >= 4 is 5.91 Å². The standard InChI is InChI=1S/C14H25F3N2O/c1-9(2)8-12(13(20)18-3)19-11-7-5-4-6-10(11)14(15,16)17/h9-12,19H,4-8H2,1-3H3,(H,18,20). The molecule has 2 N–H and O–H groups in total. The van der Waals surface area contributed by atoms with Gasteiger partial charge in [0.1, 0.15) is 0 Å². The van der Waals surface area contributed by atoms with Gasteiger partial charge in [-0.2, -0.15) is 13.2 Å². The summed E-state index contributed by atoms with van der Waals surface area (Å²) in [6.07, 6.45) is -1.62. The molecule has 118 valence electrons. The van der Waals surface area contributed by atoms with Crippen LogP contribution in [0.3, 0.4) is 0 Å². The molecule has 1 amide bonds. The molecule has 3 atom stereocenters. The summed E-state index contributed by atoms with van der Waals surface area (Å²) in [5, 5.41) is 5.49. The number of hydrogen-bond acceptors (Lipinski definition) is 2. The van der Waals surface area contributed by atoms with Crippen molar-refractivity contribution in [1.82, 2.24) is 10.6 Å². The van der Waals surface area contributed by atoms with Crippen LogP contribution >= 0.6 is 0 Å². The smallest absolute Gasteiger partial charge is 0.358 e. The maximum Gasteiger partial charge on any atom is 0.393 e. The number of halogens is 3. The molecule has 0 bridgehead atoms. The Morgan fingerprint density at radius 1 is 1.25 bits per heavy atom. The van der Waals surface area contributed by atoms with Crippen LogP contribution in [-0.2, 0) is 4.79 Å². The third kappa shape index (κ3) is 4.96. The van der Waals surface area contributed by atoms with E-state index in [4.69, 9.17) is 0 Å². The monoisotopic (exact) mass is 294 g/mol. The highest BCUT2D eigenvalue weighted by Gasteiger charge is 2.46. The molecule has 6 heteroatoms. The quantitative estimate of drug-likeness (QED) is 0.818. The fourth-order valence-electron chi connectivity index (χ4n) is 2.88. The van der Waals surface area contributed by atoms with E-state index in [1.54, 1.807) is 0 Å². The van der Waals surface area contributed by atoms with Crippen molar-refractivity contribution in [3.05, 3.63) is 0 Å². The predicted octanol–water partition coefficient (Wildman–Crippen LogP) is 2.86. The summed E-state index contributed by atoms with van der Waals surface area (Å²) in [6.45, 7) is 3.92. The Morgan fingerprint density at radius 3 is 2.35 bits per heavy atom. The molecule has 3 nitrogen and oxygen atoms in total. The van der Waals surface area contributed by atoms with E-state index in [9.17, 15) is 18.0 Å². The number of hydrogen-bond donors (Lipinski definition) is 2. The summed E-state index contributed by atoms with van der Waals surface area (Å²) in [5.41, 5.74) is 0. The Labute approximate surface area is 118 Å². The first kappa shape index (κ1) is 17.3. The number of likely N-dealkylation sites (N-methyl/N-ethyl adjacent to an activating group) is 1. The molecule has 1 aliphatic rings. The van der Waals surface area contributed by atoms with Gasteiger partial charge >= 0.3 is 6.18 Å². The van der Waals surface area contributed by atoms with Crippen molar-refractivity contribution < 1.29 is 18.0 Å². The van der Waals surface area contributed by atoms with Gasteiger partial charge < -0.3 is 10.6 Å².